The van der Waals surface area contributed by atoms with Crippen molar-refractivity contribution in [2.75, 3.05) is 46.9 Å². The first-order valence-electron chi connectivity index (χ1n) is 7.49. The van der Waals surface area contributed by atoms with E-state index in [-0.39, 0.29) is 0 Å². The van der Waals surface area contributed by atoms with Crippen molar-refractivity contribution in [3.05, 3.63) is 24.3 Å². The summed E-state index contributed by atoms with van der Waals surface area (Å²) in [6.45, 7) is 6.76. The average molecular weight is 294 g/mol. The predicted octanol–water partition coefficient (Wildman–Crippen LogP) is 0.0188. The van der Waals surface area contributed by atoms with Crippen LogP contribution in [-0.4, -0.2) is 73.8 Å². The fourth-order valence-electron chi connectivity index (χ4n) is 2.05. The molecule has 0 aliphatic heterocycles. The number of hydrogen-bond acceptors (Lipinski definition) is 5. The van der Waals surface area contributed by atoms with Crippen LogP contribution in [0.15, 0.2) is 24.3 Å². The van der Waals surface area contributed by atoms with Crippen molar-refractivity contribution in [2.24, 2.45) is 0 Å². The molecule has 2 N–H and O–H groups in total. The summed E-state index contributed by atoms with van der Waals surface area (Å²) in [7, 11) is 2.70. The van der Waals surface area contributed by atoms with Gasteiger partial charge in [0.1, 0.15) is 12.4 Å². The normalized spacial score (nSPS) is 11.2. The summed E-state index contributed by atoms with van der Waals surface area (Å²) >= 11 is 0. The van der Waals surface area contributed by atoms with Gasteiger partial charge in [0.25, 0.3) is 0 Å². The number of rotatable bonds is 10. The molecule has 0 unspecified atom stereocenters. The molecule has 0 atom stereocenters. The molecule has 1 aromatic rings. The maximum absolute atomic E-state index is 9.14. The third-order valence-electron chi connectivity index (χ3n) is 3.24. The van der Waals surface area contributed by atoms with Crippen LogP contribution in [0.2, 0.25) is 0 Å². The minimum absolute atomic E-state index is 0.450. The van der Waals surface area contributed by atoms with Gasteiger partial charge in [0.2, 0.25) is 0 Å². The van der Waals surface area contributed by atoms with Crippen LogP contribution in [-0.2, 0) is 0 Å². The molecule has 1 rings (SSSR count). The Morgan fingerprint density at radius 3 is 2.48 bits per heavy atom. The molecular formula is C15H27BN2O3. The molecule has 0 aromatic heterocycles. The molecule has 0 aliphatic rings. The van der Waals surface area contributed by atoms with Crippen molar-refractivity contribution in [3.8, 4) is 5.75 Å². The topological polar surface area (TPSA) is 56.2 Å². The Labute approximate surface area is 128 Å². The van der Waals surface area contributed by atoms with E-state index in [0.29, 0.717) is 17.8 Å². The molecule has 6 heteroatoms. The van der Waals surface area contributed by atoms with Crippen LogP contribution in [0.5, 0.6) is 5.75 Å². The summed E-state index contributed by atoms with van der Waals surface area (Å²) in [5, 5.41) is 18.3. The van der Waals surface area contributed by atoms with E-state index in [4.69, 9.17) is 14.8 Å². The van der Waals surface area contributed by atoms with E-state index in [2.05, 4.69) is 30.8 Å². The highest BCUT2D eigenvalue weighted by molar-refractivity contribution is 6.58. The van der Waals surface area contributed by atoms with Gasteiger partial charge in [-0.05, 0) is 44.7 Å². The van der Waals surface area contributed by atoms with Crippen molar-refractivity contribution in [2.45, 2.75) is 13.3 Å². The minimum atomic E-state index is -1.45. The standard InChI is InChI=1S/C15H27BN2O3/c1-4-8-18(10-9-17(2)3)11-12-21-15-7-5-6-14(13-15)16(19)20/h5-7,13,19-20H,4,8-12H2,1-3H3. The van der Waals surface area contributed by atoms with Crippen LogP contribution >= 0.6 is 0 Å². The van der Waals surface area contributed by atoms with E-state index in [1.165, 1.54) is 0 Å². The second-order valence-corrected chi connectivity index (χ2v) is 5.44. The van der Waals surface area contributed by atoms with Crippen molar-refractivity contribution < 1.29 is 14.8 Å². The molecule has 0 aliphatic carbocycles. The highest BCUT2D eigenvalue weighted by atomic mass is 16.5. The van der Waals surface area contributed by atoms with Crippen LogP contribution in [0, 0.1) is 0 Å². The summed E-state index contributed by atoms with van der Waals surface area (Å²) < 4.78 is 5.70. The first-order valence-corrected chi connectivity index (χ1v) is 7.49. The Kier molecular flexibility index (Phi) is 8.38. The lowest BCUT2D eigenvalue weighted by molar-refractivity contribution is 0.194. The van der Waals surface area contributed by atoms with E-state index in [1.807, 2.05) is 6.07 Å². The second kappa shape index (κ2) is 9.79. The number of hydrogen-bond donors (Lipinski definition) is 2. The molecule has 0 spiro atoms. The number of ether oxygens (including phenoxy) is 1. The number of likely N-dealkylation sites (N-methyl/N-ethyl adjacent to an activating group) is 1. The number of nitrogens with zero attached hydrogens (tertiary/aromatic N) is 2. The summed E-state index contributed by atoms with van der Waals surface area (Å²) in [5.74, 6) is 0.671. The Morgan fingerprint density at radius 2 is 1.86 bits per heavy atom. The monoisotopic (exact) mass is 294 g/mol. The van der Waals surface area contributed by atoms with Crippen LogP contribution < -0.4 is 10.2 Å². The van der Waals surface area contributed by atoms with Gasteiger partial charge in [-0.25, -0.2) is 0 Å². The molecule has 0 saturated carbocycles. The first kappa shape index (κ1) is 18.0. The molecule has 0 bridgehead atoms. The molecule has 118 valence electrons. The van der Waals surface area contributed by atoms with E-state index >= 15 is 0 Å². The average Bonchev–Trinajstić information content (AvgIpc) is 2.45. The van der Waals surface area contributed by atoms with E-state index < -0.39 is 7.12 Å². The third kappa shape index (κ3) is 7.48. The van der Waals surface area contributed by atoms with Gasteiger partial charge >= 0.3 is 7.12 Å². The molecule has 5 nitrogen and oxygen atoms in total. The van der Waals surface area contributed by atoms with Crippen molar-refractivity contribution in [3.63, 3.8) is 0 Å². The quantitative estimate of drug-likeness (QED) is 0.596. The lowest BCUT2D eigenvalue weighted by Gasteiger charge is -2.23. The highest BCUT2D eigenvalue weighted by Crippen LogP contribution is 2.07. The first-order chi connectivity index (χ1) is 10.0. The van der Waals surface area contributed by atoms with Crippen molar-refractivity contribution in [1.29, 1.82) is 0 Å². The van der Waals surface area contributed by atoms with E-state index in [9.17, 15) is 0 Å². The SMILES string of the molecule is CCCN(CCOc1cccc(B(O)O)c1)CCN(C)C. The zero-order valence-electron chi connectivity index (χ0n) is 13.3. The predicted molar refractivity (Wildman–Crippen MR) is 87.0 cm³/mol. The molecule has 21 heavy (non-hydrogen) atoms. The van der Waals surface area contributed by atoms with Crippen LogP contribution in [0.4, 0.5) is 0 Å². The Balaban J connectivity index is 2.40. The van der Waals surface area contributed by atoms with Gasteiger partial charge in [-0.1, -0.05) is 19.1 Å². The maximum atomic E-state index is 9.14. The summed E-state index contributed by atoms with van der Waals surface area (Å²) in [6, 6.07) is 6.92. The van der Waals surface area contributed by atoms with E-state index in [0.717, 1.165) is 32.6 Å². The lowest BCUT2D eigenvalue weighted by atomic mass is 9.80. The van der Waals surface area contributed by atoms with Gasteiger partial charge in [0.05, 0.1) is 0 Å². The van der Waals surface area contributed by atoms with Crippen molar-refractivity contribution in [1.82, 2.24) is 9.80 Å². The Hall–Kier alpha value is -1.08. The Bertz CT molecular complexity index is 402. The molecule has 0 saturated heterocycles. The zero-order valence-corrected chi connectivity index (χ0v) is 13.3. The minimum Gasteiger partial charge on any atom is -0.492 e. The molecule has 0 heterocycles. The van der Waals surface area contributed by atoms with Crippen LogP contribution in [0.25, 0.3) is 0 Å². The fourth-order valence-corrected chi connectivity index (χ4v) is 2.05. The largest absolute Gasteiger partial charge is 0.492 e. The van der Waals surface area contributed by atoms with Crippen LogP contribution in [0.3, 0.4) is 0 Å². The maximum Gasteiger partial charge on any atom is 0.488 e. The Morgan fingerprint density at radius 1 is 1.10 bits per heavy atom. The van der Waals surface area contributed by atoms with Crippen LogP contribution in [0.1, 0.15) is 13.3 Å². The fraction of sp³-hybridized carbons (Fsp3) is 0.600. The molecular weight excluding hydrogens is 267 g/mol. The highest BCUT2D eigenvalue weighted by Gasteiger charge is 2.11. The van der Waals surface area contributed by atoms with Gasteiger partial charge < -0.3 is 19.7 Å². The zero-order chi connectivity index (χ0) is 15.7. The van der Waals surface area contributed by atoms with Gasteiger partial charge in [-0.3, -0.25) is 4.90 Å². The molecule has 0 radical (unpaired) electrons. The van der Waals surface area contributed by atoms with Gasteiger partial charge in [0, 0.05) is 19.6 Å². The van der Waals surface area contributed by atoms with Crippen molar-refractivity contribution >= 4 is 12.6 Å². The number of benzene rings is 1. The van der Waals surface area contributed by atoms with Gasteiger partial charge in [-0.2, -0.15) is 0 Å². The summed E-state index contributed by atoms with van der Waals surface area (Å²) in [5.41, 5.74) is 0.450. The molecule has 0 amide bonds. The molecule has 1 aromatic carbocycles. The third-order valence-corrected chi connectivity index (χ3v) is 3.24. The second-order valence-electron chi connectivity index (χ2n) is 5.44. The molecule has 0 fully saturated rings. The smallest absolute Gasteiger partial charge is 0.488 e. The van der Waals surface area contributed by atoms with Gasteiger partial charge in [0.15, 0.2) is 0 Å². The summed E-state index contributed by atoms with van der Waals surface area (Å²) in [4.78, 5) is 4.56. The summed E-state index contributed by atoms with van der Waals surface area (Å²) in [6.07, 6.45) is 1.12. The van der Waals surface area contributed by atoms with Gasteiger partial charge in [-0.15, -0.1) is 0 Å². The lowest BCUT2D eigenvalue weighted by Crippen LogP contribution is -2.35. The van der Waals surface area contributed by atoms with E-state index in [1.54, 1.807) is 18.2 Å².